The van der Waals surface area contributed by atoms with Gasteiger partial charge in [-0.3, -0.25) is 9.48 Å². The number of oxime groups is 1. The highest BCUT2D eigenvalue weighted by Crippen LogP contribution is 2.58. The van der Waals surface area contributed by atoms with Crippen LogP contribution in [0.15, 0.2) is 29.7 Å². The van der Waals surface area contributed by atoms with Crippen LogP contribution in [0.4, 0.5) is 5.69 Å². The number of nitrogens with zero attached hydrogens (tertiary/aromatic N) is 3. The Bertz CT molecular complexity index is 1120. The second-order valence-electron chi connectivity index (χ2n) is 10.3. The fraction of sp³-hybridized carbons (Fsp3) is 0.560. The molecule has 1 aromatic heterocycles. The number of methoxy groups -OCH3 is 2. The third kappa shape index (κ3) is 3.63. The van der Waals surface area contributed by atoms with E-state index in [0.29, 0.717) is 39.9 Å². The summed E-state index contributed by atoms with van der Waals surface area (Å²) in [6.07, 6.45) is 11.1. The SMILES string of the molecule is COc1cc(OC)c(C2=NOC(C(=O)Nc3cnn(C45CC6CC(CC(C6)C4)C5)c3)C2)cc1Cl. The lowest BCUT2D eigenvalue weighted by molar-refractivity contribution is -0.125. The number of hydrogen-bond acceptors (Lipinski definition) is 6. The van der Waals surface area contributed by atoms with Crippen molar-refractivity contribution in [2.75, 3.05) is 19.5 Å². The van der Waals surface area contributed by atoms with Crippen molar-refractivity contribution in [3.63, 3.8) is 0 Å². The number of carbonyl (C=O) groups is 1. The van der Waals surface area contributed by atoms with Crippen LogP contribution in [0.25, 0.3) is 0 Å². The van der Waals surface area contributed by atoms with Gasteiger partial charge >= 0.3 is 0 Å². The molecule has 1 N–H and O–H groups in total. The molecule has 0 radical (unpaired) electrons. The van der Waals surface area contributed by atoms with Crippen molar-refractivity contribution in [3.05, 3.63) is 35.1 Å². The average Bonchev–Trinajstić information content (AvgIpc) is 3.48. The molecule has 2 aromatic rings. The summed E-state index contributed by atoms with van der Waals surface area (Å²) in [6, 6.07) is 3.42. The van der Waals surface area contributed by atoms with Crippen molar-refractivity contribution in [3.8, 4) is 11.5 Å². The quantitative estimate of drug-likeness (QED) is 0.647. The molecular formula is C25H29ClN4O4. The smallest absolute Gasteiger partial charge is 0.268 e. The molecule has 1 aliphatic heterocycles. The lowest BCUT2D eigenvalue weighted by atomic mass is 9.53. The zero-order valence-electron chi connectivity index (χ0n) is 19.4. The number of aromatic nitrogens is 2. The number of rotatable bonds is 6. The van der Waals surface area contributed by atoms with E-state index >= 15 is 0 Å². The number of anilines is 1. The molecule has 4 fully saturated rings. The molecule has 1 amide bonds. The van der Waals surface area contributed by atoms with E-state index in [9.17, 15) is 4.79 Å². The first-order chi connectivity index (χ1) is 16.5. The first-order valence-electron chi connectivity index (χ1n) is 12.0. The van der Waals surface area contributed by atoms with Gasteiger partial charge in [-0.1, -0.05) is 16.8 Å². The first kappa shape index (κ1) is 21.8. The molecule has 180 valence electrons. The normalized spacial score (nSPS) is 31.2. The van der Waals surface area contributed by atoms with Crippen molar-refractivity contribution < 1.29 is 19.1 Å². The van der Waals surface area contributed by atoms with Gasteiger partial charge in [0.2, 0.25) is 6.10 Å². The minimum absolute atomic E-state index is 0.127. The maximum atomic E-state index is 12.9. The molecule has 7 rings (SSSR count). The molecule has 0 spiro atoms. The standard InChI is InChI=1S/C25H29ClN4O4/c1-32-21-8-22(33-2)19(26)6-18(21)20-7-23(34-29-20)24(31)28-17-12-27-30(13-17)25-9-14-3-15(10-25)5-16(4-14)11-25/h6,8,12-16,23H,3-5,7,9-11H2,1-2H3,(H,28,31). The Balaban J connectivity index is 1.13. The fourth-order valence-electron chi connectivity index (χ4n) is 6.98. The van der Waals surface area contributed by atoms with Gasteiger partial charge in [-0.25, -0.2) is 0 Å². The van der Waals surface area contributed by atoms with Gasteiger partial charge in [0, 0.05) is 24.2 Å². The number of ether oxygens (including phenoxy) is 2. The highest BCUT2D eigenvalue weighted by atomic mass is 35.5. The average molecular weight is 485 g/mol. The highest BCUT2D eigenvalue weighted by molar-refractivity contribution is 6.32. The van der Waals surface area contributed by atoms with E-state index in [4.69, 9.17) is 25.9 Å². The Labute approximate surface area is 203 Å². The topological polar surface area (TPSA) is 87.0 Å². The van der Waals surface area contributed by atoms with Crippen LogP contribution in [-0.4, -0.2) is 41.7 Å². The lowest BCUT2D eigenvalue weighted by Crippen LogP contribution is -2.52. The Morgan fingerprint density at radius 1 is 1.12 bits per heavy atom. The summed E-state index contributed by atoms with van der Waals surface area (Å²) in [5.41, 5.74) is 2.11. The summed E-state index contributed by atoms with van der Waals surface area (Å²) < 4.78 is 12.9. The van der Waals surface area contributed by atoms with E-state index in [1.165, 1.54) is 38.5 Å². The summed E-state index contributed by atoms with van der Waals surface area (Å²) in [7, 11) is 3.11. The number of halogens is 1. The molecule has 5 aliphatic rings. The summed E-state index contributed by atoms with van der Waals surface area (Å²) in [4.78, 5) is 18.4. The third-order valence-electron chi connectivity index (χ3n) is 8.09. The summed E-state index contributed by atoms with van der Waals surface area (Å²) in [5.74, 6) is 3.31. The van der Waals surface area contributed by atoms with Gasteiger partial charge in [-0.2, -0.15) is 5.10 Å². The van der Waals surface area contributed by atoms with E-state index in [0.717, 1.165) is 17.8 Å². The molecule has 4 saturated carbocycles. The van der Waals surface area contributed by atoms with Crippen molar-refractivity contribution in [2.45, 2.75) is 56.6 Å². The van der Waals surface area contributed by atoms with Crippen molar-refractivity contribution in [2.24, 2.45) is 22.9 Å². The largest absolute Gasteiger partial charge is 0.496 e. The molecule has 4 aliphatic carbocycles. The van der Waals surface area contributed by atoms with Crippen LogP contribution in [0.3, 0.4) is 0 Å². The van der Waals surface area contributed by atoms with E-state index in [2.05, 4.69) is 20.3 Å². The number of benzene rings is 1. The summed E-state index contributed by atoms with van der Waals surface area (Å²) in [6.45, 7) is 0. The second-order valence-corrected chi connectivity index (χ2v) is 10.7. The van der Waals surface area contributed by atoms with Crippen LogP contribution in [0, 0.1) is 17.8 Å². The number of nitrogens with one attached hydrogen (secondary N) is 1. The second kappa shape index (κ2) is 8.18. The van der Waals surface area contributed by atoms with Crippen molar-refractivity contribution >= 4 is 28.9 Å². The van der Waals surface area contributed by atoms with E-state index in [1.54, 1.807) is 32.5 Å². The zero-order chi connectivity index (χ0) is 23.4. The first-order valence-corrected chi connectivity index (χ1v) is 12.3. The van der Waals surface area contributed by atoms with Gasteiger partial charge in [0.15, 0.2) is 0 Å². The number of hydrogen-bond donors (Lipinski definition) is 1. The predicted octanol–water partition coefficient (Wildman–Crippen LogP) is 4.61. The fourth-order valence-corrected chi connectivity index (χ4v) is 7.22. The van der Waals surface area contributed by atoms with Crippen LogP contribution >= 0.6 is 11.6 Å². The van der Waals surface area contributed by atoms with Crippen LogP contribution in [0.5, 0.6) is 11.5 Å². The molecule has 0 saturated heterocycles. The van der Waals surface area contributed by atoms with Gasteiger partial charge < -0.3 is 19.6 Å². The van der Waals surface area contributed by atoms with Crippen molar-refractivity contribution in [1.82, 2.24) is 9.78 Å². The van der Waals surface area contributed by atoms with Crippen LogP contribution < -0.4 is 14.8 Å². The molecule has 1 aromatic carbocycles. The van der Waals surface area contributed by atoms with Gasteiger partial charge in [-0.15, -0.1) is 0 Å². The Morgan fingerprint density at radius 3 is 2.44 bits per heavy atom. The van der Waals surface area contributed by atoms with Crippen LogP contribution in [0.1, 0.15) is 50.5 Å². The number of amides is 1. The molecule has 9 heteroatoms. The summed E-state index contributed by atoms with van der Waals surface area (Å²) in [5, 5.41) is 12.2. The molecule has 8 nitrogen and oxygen atoms in total. The molecule has 2 heterocycles. The van der Waals surface area contributed by atoms with E-state index in [-0.39, 0.29) is 11.4 Å². The van der Waals surface area contributed by atoms with E-state index < -0.39 is 6.10 Å². The molecule has 1 atom stereocenters. The predicted molar refractivity (Wildman–Crippen MR) is 128 cm³/mol. The van der Waals surface area contributed by atoms with Gasteiger partial charge in [0.05, 0.1) is 42.4 Å². The highest BCUT2D eigenvalue weighted by Gasteiger charge is 2.52. The summed E-state index contributed by atoms with van der Waals surface area (Å²) >= 11 is 6.29. The number of carbonyl (C=O) groups excluding carboxylic acids is 1. The molecule has 34 heavy (non-hydrogen) atoms. The minimum Gasteiger partial charge on any atom is -0.496 e. The Morgan fingerprint density at radius 2 is 1.79 bits per heavy atom. The maximum Gasteiger partial charge on any atom is 0.268 e. The van der Waals surface area contributed by atoms with Crippen LogP contribution in [-0.2, 0) is 15.2 Å². The van der Waals surface area contributed by atoms with Crippen molar-refractivity contribution in [1.29, 1.82) is 0 Å². The Hall–Kier alpha value is -2.74. The zero-order valence-corrected chi connectivity index (χ0v) is 20.2. The van der Waals surface area contributed by atoms with Gasteiger partial charge in [-0.05, 0) is 62.3 Å². The Kier molecular flexibility index (Phi) is 5.24. The molecular weight excluding hydrogens is 456 g/mol. The monoisotopic (exact) mass is 484 g/mol. The third-order valence-corrected chi connectivity index (χ3v) is 8.38. The van der Waals surface area contributed by atoms with Gasteiger partial charge in [0.1, 0.15) is 11.5 Å². The maximum absolute atomic E-state index is 12.9. The minimum atomic E-state index is -0.733. The molecule has 4 bridgehead atoms. The van der Waals surface area contributed by atoms with Gasteiger partial charge in [0.25, 0.3) is 5.91 Å². The molecule has 1 unspecified atom stereocenters. The van der Waals surface area contributed by atoms with Crippen LogP contribution in [0.2, 0.25) is 5.02 Å². The lowest BCUT2D eigenvalue weighted by Gasteiger charge is -2.56. The van der Waals surface area contributed by atoms with E-state index in [1.807, 2.05) is 6.20 Å².